The molecule has 0 fully saturated rings. The van der Waals surface area contributed by atoms with Gasteiger partial charge >= 0.3 is 6.08 Å². The Balaban J connectivity index is 2.08. The van der Waals surface area contributed by atoms with Crippen LogP contribution in [0.2, 0.25) is 0 Å². The van der Waals surface area contributed by atoms with Gasteiger partial charge < -0.3 is 9.47 Å². The van der Waals surface area contributed by atoms with Crippen molar-refractivity contribution in [2.45, 2.75) is 0 Å². The summed E-state index contributed by atoms with van der Waals surface area (Å²) in [6, 6.07) is 8.98. The number of benzene rings is 1. The molecule has 4 nitrogen and oxygen atoms in total. The van der Waals surface area contributed by atoms with E-state index in [1.807, 2.05) is 18.2 Å². The molecule has 0 aliphatic heterocycles. The fraction of sp³-hybridized carbons (Fsp3) is 0. The summed E-state index contributed by atoms with van der Waals surface area (Å²) < 4.78 is 10.7. The van der Waals surface area contributed by atoms with E-state index in [4.69, 9.17) is 14.7 Å². The normalized spacial score (nSPS) is 13.3. The lowest BCUT2D eigenvalue weighted by molar-refractivity contribution is 0.320. The van der Waals surface area contributed by atoms with E-state index >= 15 is 0 Å². The highest BCUT2D eigenvalue weighted by atomic mass is 16.7. The summed E-state index contributed by atoms with van der Waals surface area (Å²) in [6.07, 6.45) is 11.2. The molecule has 0 saturated carbocycles. The number of rotatable bonds is 2. The molecule has 0 bridgehead atoms. The summed E-state index contributed by atoms with van der Waals surface area (Å²) in [5.74, 6) is 1.05. The predicted molar refractivity (Wildman–Crippen MR) is 66.2 cm³/mol. The zero-order valence-electron chi connectivity index (χ0n) is 9.41. The minimum Gasteiger partial charge on any atom is -0.410 e. The molecule has 0 spiro atoms. The van der Waals surface area contributed by atoms with Gasteiger partial charge in [-0.1, -0.05) is 23.2 Å². The first kappa shape index (κ1) is 11.6. The maximum absolute atomic E-state index is 8.59. The van der Waals surface area contributed by atoms with Crippen molar-refractivity contribution in [2.24, 2.45) is 4.99 Å². The third-order valence-corrected chi connectivity index (χ3v) is 1.97. The van der Waals surface area contributed by atoms with Gasteiger partial charge in [0.15, 0.2) is 0 Å². The van der Waals surface area contributed by atoms with Gasteiger partial charge in [-0.05, 0) is 12.1 Å². The van der Waals surface area contributed by atoms with E-state index in [-0.39, 0.29) is 6.08 Å². The molecule has 0 atom stereocenters. The molecule has 1 aromatic carbocycles. The van der Waals surface area contributed by atoms with Gasteiger partial charge in [-0.25, -0.2) is 0 Å². The lowest BCUT2D eigenvalue weighted by Gasteiger charge is -2.05. The maximum Gasteiger partial charge on any atom is 0.423 e. The molecule has 0 aromatic heterocycles. The van der Waals surface area contributed by atoms with Crippen molar-refractivity contribution in [1.82, 2.24) is 0 Å². The van der Waals surface area contributed by atoms with E-state index in [2.05, 4.69) is 11.1 Å². The van der Waals surface area contributed by atoms with Crippen LogP contribution in [-0.4, -0.2) is 6.08 Å². The monoisotopic (exact) mass is 237 g/mol. The van der Waals surface area contributed by atoms with E-state index in [0.717, 1.165) is 0 Å². The Morgan fingerprint density at radius 2 is 2.06 bits per heavy atom. The van der Waals surface area contributed by atoms with Crippen LogP contribution >= 0.6 is 0 Å². The van der Waals surface area contributed by atoms with Crippen LogP contribution in [0.3, 0.4) is 0 Å². The van der Waals surface area contributed by atoms with Crippen molar-refractivity contribution < 1.29 is 9.47 Å². The highest BCUT2D eigenvalue weighted by molar-refractivity contribution is 5.72. The number of hydrogen-bond donors (Lipinski definition) is 0. The van der Waals surface area contributed by atoms with E-state index in [9.17, 15) is 0 Å². The van der Waals surface area contributed by atoms with Gasteiger partial charge in [-0.2, -0.15) is 5.26 Å². The number of hydrogen-bond acceptors (Lipinski definition) is 4. The standard InChI is InChI=1S/C14H9N2O2/c15-11-16-14(17-12-7-3-1-4-8-12)18-13-9-5-2-6-10-13/h1-5,7-10H/q+1. The average Bonchev–Trinajstić information content (AvgIpc) is 2.41. The van der Waals surface area contributed by atoms with Crippen LogP contribution in [-0.2, 0) is 4.74 Å². The minimum atomic E-state index is -0.122. The van der Waals surface area contributed by atoms with Crippen LogP contribution < -0.4 is 4.74 Å². The second-order valence-electron chi connectivity index (χ2n) is 3.23. The van der Waals surface area contributed by atoms with Gasteiger partial charge in [0.2, 0.25) is 12.0 Å². The third kappa shape index (κ3) is 3.31. The number of nitriles is 1. The Bertz CT molecular complexity index is 563. The smallest absolute Gasteiger partial charge is 0.410 e. The number of aliphatic imine (C=N–C) groups is 1. The van der Waals surface area contributed by atoms with Crippen molar-refractivity contribution >= 4 is 6.08 Å². The molecule has 0 N–H and O–H groups in total. The molecule has 0 unspecified atom stereocenters. The zero-order valence-corrected chi connectivity index (χ0v) is 9.41. The molecule has 2 rings (SSSR count). The Morgan fingerprint density at radius 1 is 1.22 bits per heavy atom. The fourth-order valence-corrected chi connectivity index (χ4v) is 1.24. The Kier molecular flexibility index (Phi) is 3.86. The largest absolute Gasteiger partial charge is 0.423 e. The molecule has 1 aliphatic carbocycles. The van der Waals surface area contributed by atoms with Gasteiger partial charge in [0, 0.05) is 6.08 Å². The van der Waals surface area contributed by atoms with E-state index < -0.39 is 0 Å². The lowest BCUT2D eigenvalue weighted by atomic mass is 10.3. The van der Waals surface area contributed by atoms with Gasteiger partial charge in [0.05, 0.1) is 12.2 Å². The summed E-state index contributed by atoms with van der Waals surface area (Å²) in [5.41, 5.74) is 0. The van der Waals surface area contributed by atoms with Crippen LogP contribution in [0.5, 0.6) is 5.75 Å². The first-order chi connectivity index (χ1) is 8.88. The molecular weight excluding hydrogens is 228 g/mol. The predicted octanol–water partition coefficient (Wildman–Crippen LogP) is 2.73. The number of para-hydroxylation sites is 1. The van der Waals surface area contributed by atoms with Crippen molar-refractivity contribution in [3.8, 4) is 11.9 Å². The fourth-order valence-electron chi connectivity index (χ4n) is 1.24. The summed E-state index contributed by atoms with van der Waals surface area (Å²) in [7, 11) is 0. The second-order valence-corrected chi connectivity index (χ2v) is 3.23. The summed E-state index contributed by atoms with van der Waals surface area (Å²) in [5, 5.41) is 8.59. The van der Waals surface area contributed by atoms with Gasteiger partial charge in [0.25, 0.3) is 0 Å². The maximum atomic E-state index is 8.59. The first-order valence-corrected chi connectivity index (χ1v) is 5.22. The van der Waals surface area contributed by atoms with Crippen LogP contribution in [0.1, 0.15) is 0 Å². The highest BCUT2D eigenvalue weighted by Gasteiger charge is 2.12. The van der Waals surface area contributed by atoms with Crippen LogP contribution in [0, 0.1) is 17.5 Å². The first-order valence-electron chi connectivity index (χ1n) is 5.22. The molecule has 0 heterocycles. The Labute approximate surface area is 105 Å². The average molecular weight is 237 g/mol. The third-order valence-electron chi connectivity index (χ3n) is 1.97. The number of ether oxygens (including phenoxy) is 2. The molecule has 1 aliphatic rings. The van der Waals surface area contributed by atoms with Gasteiger partial charge in [0.1, 0.15) is 17.9 Å². The van der Waals surface area contributed by atoms with E-state index in [0.29, 0.717) is 11.5 Å². The molecule has 18 heavy (non-hydrogen) atoms. The van der Waals surface area contributed by atoms with E-state index in [1.165, 1.54) is 0 Å². The van der Waals surface area contributed by atoms with Crippen LogP contribution in [0.15, 0.2) is 65.4 Å². The highest BCUT2D eigenvalue weighted by Crippen LogP contribution is 2.12. The molecule has 86 valence electrons. The molecule has 0 radical (unpaired) electrons. The molecule has 4 heteroatoms. The summed E-state index contributed by atoms with van der Waals surface area (Å²) in [6.45, 7) is 0. The Morgan fingerprint density at radius 3 is 2.72 bits per heavy atom. The molecule has 0 saturated heterocycles. The van der Waals surface area contributed by atoms with Crippen molar-refractivity contribution in [3.63, 3.8) is 0 Å². The number of nitrogens with zero attached hydrogens (tertiary/aromatic N) is 2. The molecule has 0 amide bonds. The minimum absolute atomic E-state index is 0.122. The van der Waals surface area contributed by atoms with Gasteiger partial charge in [-0.3, -0.25) is 0 Å². The quantitative estimate of drug-likeness (QED) is 0.344. The lowest BCUT2D eigenvalue weighted by Crippen LogP contribution is -2.12. The van der Waals surface area contributed by atoms with Crippen LogP contribution in [0.25, 0.3) is 0 Å². The topological polar surface area (TPSA) is 54.6 Å². The number of allylic oxidation sites excluding steroid dienone is 5. The van der Waals surface area contributed by atoms with Gasteiger partial charge in [-0.15, -0.1) is 0 Å². The van der Waals surface area contributed by atoms with Crippen molar-refractivity contribution in [3.05, 3.63) is 66.5 Å². The second kappa shape index (κ2) is 6.00. The zero-order chi connectivity index (χ0) is 12.6. The summed E-state index contributed by atoms with van der Waals surface area (Å²) >= 11 is 0. The SMILES string of the molecule is N#CN=C(OC1=CC=C[C+]=C1)Oc1ccccc1. The van der Waals surface area contributed by atoms with Crippen LogP contribution in [0.4, 0.5) is 0 Å². The summed E-state index contributed by atoms with van der Waals surface area (Å²) in [4.78, 5) is 3.48. The van der Waals surface area contributed by atoms with Crippen molar-refractivity contribution in [2.75, 3.05) is 0 Å². The molecular formula is C14H9N2O2+. The van der Waals surface area contributed by atoms with E-state index in [1.54, 1.807) is 42.6 Å². The van der Waals surface area contributed by atoms with Crippen molar-refractivity contribution in [1.29, 1.82) is 5.26 Å². The molecule has 1 aromatic rings. The Hall–Kier alpha value is -2.89.